The molecule has 0 aromatic carbocycles. The predicted octanol–water partition coefficient (Wildman–Crippen LogP) is 7.22. The Hall–Kier alpha value is -3.68. The van der Waals surface area contributed by atoms with Crippen molar-refractivity contribution < 1.29 is 0 Å². The van der Waals surface area contributed by atoms with Crippen molar-refractivity contribution in [2.24, 2.45) is 0 Å². The van der Waals surface area contributed by atoms with Gasteiger partial charge in [-0.05, 0) is 75.6 Å². The van der Waals surface area contributed by atoms with Crippen molar-refractivity contribution in [1.29, 1.82) is 0 Å². The van der Waals surface area contributed by atoms with E-state index in [9.17, 15) is 0 Å². The van der Waals surface area contributed by atoms with Gasteiger partial charge in [0.15, 0.2) is 0 Å². The van der Waals surface area contributed by atoms with Gasteiger partial charge in [-0.25, -0.2) is 19.9 Å². The molecule has 0 saturated heterocycles. The van der Waals surface area contributed by atoms with E-state index in [0.717, 1.165) is 111 Å². The minimum atomic E-state index is 0.556. The largest absolute Gasteiger partial charge is 0.243 e. The molecule has 0 atom stereocenters. The van der Waals surface area contributed by atoms with Crippen LogP contribution in [-0.2, 0) is 25.7 Å². The van der Waals surface area contributed by atoms with Crippen LogP contribution < -0.4 is 0 Å². The molecule has 0 spiro atoms. The lowest BCUT2D eigenvalue weighted by Crippen LogP contribution is -2.07. The zero-order chi connectivity index (χ0) is 28.2. The lowest BCUT2D eigenvalue weighted by molar-refractivity contribution is 0.702. The van der Waals surface area contributed by atoms with Crippen LogP contribution >= 0.6 is 0 Å². The minimum Gasteiger partial charge on any atom is -0.243 e. The summed E-state index contributed by atoms with van der Waals surface area (Å²) in [6, 6.07) is 11.7. The number of pyridine rings is 2. The molecule has 4 aromatic rings. The van der Waals surface area contributed by atoms with Gasteiger partial charge in [0.2, 0.25) is 11.6 Å². The number of nitrogens with zero attached hydrogens (tertiary/aromatic N) is 8. The Morgan fingerprint density at radius 3 is 1.12 bits per heavy atom. The molecule has 0 amide bonds. The molecule has 8 heteroatoms. The van der Waals surface area contributed by atoms with E-state index in [1.54, 1.807) is 0 Å². The van der Waals surface area contributed by atoms with Crippen molar-refractivity contribution in [3.63, 3.8) is 0 Å². The third-order valence-electron chi connectivity index (χ3n) is 6.97. The normalized spacial score (nSPS) is 11.2. The van der Waals surface area contributed by atoms with Crippen molar-refractivity contribution >= 4 is 0 Å². The van der Waals surface area contributed by atoms with Gasteiger partial charge in [-0.1, -0.05) is 65.5 Å². The first-order valence-electron chi connectivity index (χ1n) is 15.1. The monoisotopic (exact) mass is 538 g/mol. The fourth-order valence-electron chi connectivity index (χ4n) is 4.55. The van der Waals surface area contributed by atoms with Crippen LogP contribution in [0, 0.1) is 0 Å². The molecule has 4 aromatic heterocycles. The van der Waals surface area contributed by atoms with Crippen molar-refractivity contribution in [2.45, 2.75) is 105 Å². The van der Waals surface area contributed by atoms with E-state index in [1.807, 2.05) is 36.4 Å². The van der Waals surface area contributed by atoms with Crippen LogP contribution in [0.15, 0.2) is 36.4 Å². The van der Waals surface area contributed by atoms with E-state index in [1.165, 1.54) is 0 Å². The Morgan fingerprint density at radius 2 is 0.750 bits per heavy atom. The Labute approximate surface area is 238 Å². The van der Waals surface area contributed by atoms with Crippen molar-refractivity contribution in [3.8, 4) is 34.4 Å². The Kier molecular flexibility index (Phi) is 11.1. The number of hydrogen-bond donors (Lipinski definition) is 0. The molecule has 0 unspecified atom stereocenters. The third-order valence-corrected chi connectivity index (χ3v) is 6.97. The van der Waals surface area contributed by atoms with Crippen LogP contribution in [-0.4, -0.2) is 40.3 Å². The fraction of sp³-hybridized carbons (Fsp3) is 0.500. The maximum Gasteiger partial charge on any atom is 0.200 e. The molecule has 4 heterocycles. The Bertz CT molecular complexity index is 1270. The van der Waals surface area contributed by atoms with Gasteiger partial charge < -0.3 is 0 Å². The average Bonchev–Trinajstić information content (AvgIpc) is 3.01. The topological polar surface area (TPSA) is 103 Å². The summed E-state index contributed by atoms with van der Waals surface area (Å²) < 4.78 is 0. The van der Waals surface area contributed by atoms with E-state index >= 15 is 0 Å². The molecule has 8 nitrogen and oxygen atoms in total. The standard InChI is InChI=1S/C32H42N8/c1-5-9-15-25-27(17-11-7-3)37-39-31(35-25)29-21-13-19-23(33-29)24-20-14-22-30(34-24)32-36-26(16-10-6-2)28(38-40-32)18-12-8-4/h13-14,19-22H,5-12,15-18H2,1-4H3. The smallest absolute Gasteiger partial charge is 0.200 e. The number of hydrogen-bond acceptors (Lipinski definition) is 8. The lowest BCUT2D eigenvalue weighted by Gasteiger charge is -2.10. The molecule has 0 aliphatic carbocycles. The van der Waals surface area contributed by atoms with Crippen molar-refractivity contribution in [2.75, 3.05) is 0 Å². The Balaban J connectivity index is 1.63. The maximum atomic E-state index is 4.91. The number of unbranched alkanes of at least 4 members (excludes halogenated alkanes) is 4. The van der Waals surface area contributed by atoms with E-state index in [-0.39, 0.29) is 0 Å². The van der Waals surface area contributed by atoms with E-state index in [4.69, 9.17) is 19.9 Å². The molecule has 0 aliphatic rings. The first-order chi connectivity index (χ1) is 19.7. The summed E-state index contributed by atoms with van der Waals surface area (Å²) in [7, 11) is 0. The highest BCUT2D eigenvalue weighted by Gasteiger charge is 2.15. The number of rotatable bonds is 15. The molecule has 40 heavy (non-hydrogen) atoms. The summed E-state index contributed by atoms with van der Waals surface area (Å²) in [6.07, 6.45) is 12.5. The van der Waals surface area contributed by atoms with Crippen LogP contribution in [0.3, 0.4) is 0 Å². The van der Waals surface area contributed by atoms with Crippen LogP contribution in [0.1, 0.15) is 102 Å². The van der Waals surface area contributed by atoms with Gasteiger partial charge >= 0.3 is 0 Å². The Morgan fingerprint density at radius 1 is 0.400 bits per heavy atom. The second-order valence-electron chi connectivity index (χ2n) is 10.3. The molecule has 0 saturated carbocycles. The van der Waals surface area contributed by atoms with Gasteiger partial charge in [-0.3, -0.25) is 0 Å². The van der Waals surface area contributed by atoms with Crippen LogP contribution in [0.2, 0.25) is 0 Å². The summed E-state index contributed by atoms with van der Waals surface area (Å²) in [5, 5.41) is 18.1. The first kappa shape index (κ1) is 29.3. The quantitative estimate of drug-likeness (QED) is 0.156. The highest BCUT2D eigenvalue weighted by molar-refractivity contribution is 5.62. The van der Waals surface area contributed by atoms with E-state index in [2.05, 4.69) is 48.1 Å². The predicted molar refractivity (Wildman–Crippen MR) is 160 cm³/mol. The van der Waals surface area contributed by atoms with Crippen molar-refractivity contribution in [3.05, 3.63) is 59.2 Å². The van der Waals surface area contributed by atoms with Gasteiger partial charge in [0.05, 0.1) is 34.2 Å². The SMILES string of the molecule is CCCCc1nnc(-c2cccc(-c3cccc(-c4nnc(CCCC)c(CCCC)n4)n3)n2)nc1CCCC. The molecule has 0 bridgehead atoms. The van der Waals surface area contributed by atoms with Crippen LogP contribution in [0.25, 0.3) is 34.4 Å². The van der Waals surface area contributed by atoms with E-state index < -0.39 is 0 Å². The zero-order valence-electron chi connectivity index (χ0n) is 24.5. The summed E-state index contributed by atoms with van der Waals surface area (Å²) in [5.74, 6) is 1.11. The molecule has 0 fully saturated rings. The van der Waals surface area contributed by atoms with Gasteiger partial charge in [-0.15, -0.1) is 10.2 Å². The minimum absolute atomic E-state index is 0.556. The lowest BCUT2D eigenvalue weighted by atomic mass is 10.1. The fourth-order valence-corrected chi connectivity index (χ4v) is 4.55. The van der Waals surface area contributed by atoms with Gasteiger partial charge in [0, 0.05) is 0 Å². The molecule has 4 rings (SSSR count). The first-order valence-corrected chi connectivity index (χ1v) is 15.1. The number of aryl methyl sites for hydroxylation is 4. The van der Waals surface area contributed by atoms with E-state index in [0.29, 0.717) is 23.0 Å². The molecular formula is C32H42N8. The third kappa shape index (κ3) is 7.71. The summed E-state index contributed by atoms with van der Waals surface area (Å²) in [5.41, 5.74) is 6.97. The van der Waals surface area contributed by atoms with Gasteiger partial charge in [0.25, 0.3) is 0 Å². The summed E-state index contributed by atoms with van der Waals surface area (Å²) >= 11 is 0. The summed E-state index contributed by atoms with van der Waals surface area (Å²) in [4.78, 5) is 19.6. The van der Waals surface area contributed by atoms with Crippen molar-refractivity contribution in [1.82, 2.24) is 40.3 Å². The molecule has 0 radical (unpaired) electrons. The maximum absolute atomic E-state index is 4.91. The molecule has 0 aliphatic heterocycles. The molecular weight excluding hydrogens is 496 g/mol. The van der Waals surface area contributed by atoms with Gasteiger partial charge in [-0.2, -0.15) is 10.2 Å². The second kappa shape index (κ2) is 15.2. The van der Waals surface area contributed by atoms with Gasteiger partial charge in [0.1, 0.15) is 11.4 Å². The average molecular weight is 539 g/mol. The molecule has 210 valence electrons. The summed E-state index contributed by atoms with van der Waals surface area (Å²) in [6.45, 7) is 8.77. The second-order valence-corrected chi connectivity index (χ2v) is 10.3. The highest BCUT2D eigenvalue weighted by atomic mass is 15.2. The van der Waals surface area contributed by atoms with Crippen LogP contribution in [0.4, 0.5) is 0 Å². The molecule has 0 N–H and O–H groups in total. The number of aromatic nitrogens is 8. The zero-order valence-corrected chi connectivity index (χ0v) is 24.5. The highest BCUT2D eigenvalue weighted by Crippen LogP contribution is 2.23. The van der Waals surface area contributed by atoms with Crippen LogP contribution in [0.5, 0.6) is 0 Å².